The van der Waals surface area contributed by atoms with E-state index in [0.29, 0.717) is 64.9 Å². The molecule has 2 aromatic carbocycles. The van der Waals surface area contributed by atoms with Crippen LogP contribution in [0, 0.1) is 0 Å². The summed E-state index contributed by atoms with van der Waals surface area (Å²) in [4.78, 5) is 2.92. The number of rotatable bonds is 8. The molecule has 0 atom stereocenters. The average Bonchev–Trinajstić information content (AvgIpc) is 3.22. The molecule has 1 aliphatic heterocycles. The zero-order valence-corrected chi connectivity index (χ0v) is 21.5. The summed E-state index contributed by atoms with van der Waals surface area (Å²) in [5.41, 5.74) is 1.17. The lowest BCUT2D eigenvalue weighted by Crippen LogP contribution is -2.52. The van der Waals surface area contributed by atoms with Gasteiger partial charge in [0, 0.05) is 44.3 Å². The molecule has 0 saturated carbocycles. The minimum absolute atomic E-state index is 0.00646. The van der Waals surface area contributed by atoms with Gasteiger partial charge in [-0.15, -0.1) is 0 Å². The molecule has 9 nitrogen and oxygen atoms in total. The lowest BCUT2D eigenvalue weighted by molar-refractivity contribution is 0.358. The number of aromatic nitrogens is 1. The fraction of sp³-hybridized carbons (Fsp3) is 0.333. The number of hydrogen-bond acceptors (Lipinski definition) is 5. The van der Waals surface area contributed by atoms with Gasteiger partial charge in [-0.05, 0) is 42.8 Å². The maximum Gasteiger partial charge on any atom is 0.304 e. The molecule has 0 radical (unpaired) electrons. The van der Waals surface area contributed by atoms with Crippen LogP contribution in [0.3, 0.4) is 0 Å². The van der Waals surface area contributed by atoms with Crippen LogP contribution in [0.15, 0.2) is 47.5 Å². The maximum absolute atomic E-state index is 13.2. The Kier molecular flexibility index (Phi) is 7.32. The van der Waals surface area contributed by atoms with Gasteiger partial charge in [-0.1, -0.05) is 30.1 Å². The van der Waals surface area contributed by atoms with Gasteiger partial charge in [-0.3, -0.25) is 9.03 Å². The average molecular weight is 547 g/mol. The molecular weight excluding hydrogens is 521 g/mol. The predicted octanol–water partition coefficient (Wildman–Crippen LogP) is 3.64. The Labute approximate surface area is 209 Å². The molecule has 1 aromatic heterocycles. The van der Waals surface area contributed by atoms with Crippen molar-refractivity contribution in [2.75, 3.05) is 41.8 Å². The first kappa shape index (κ1) is 25.1. The number of sulfonamides is 1. The first-order valence-electron chi connectivity index (χ1n) is 10.7. The number of piperazine rings is 1. The summed E-state index contributed by atoms with van der Waals surface area (Å²) in [6.45, 7) is 4.13. The largest absolute Gasteiger partial charge is 0.358 e. The molecule has 0 aliphatic carbocycles. The Morgan fingerprint density at radius 1 is 1.00 bits per heavy atom. The van der Waals surface area contributed by atoms with E-state index in [2.05, 4.69) is 15.0 Å². The highest BCUT2D eigenvalue weighted by atomic mass is 35.5. The molecule has 2 heterocycles. The highest BCUT2D eigenvalue weighted by Crippen LogP contribution is 2.35. The number of nitrogens with zero attached hydrogens (tertiary/aromatic N) is 2. The zero-order chi connectivity index (χ0) is 24.5. The molecule has 0 unspecified atom stereocenters. The van der Waals surface area contributed by atoms with Crippen molar-refractivity contribution in [2.45, 2.75) is 18.2 Å². The van der Waals surface area contributed by atoms with Gasteiger partial charge in [0.05, 0.1) is 31.8 Å². The van der Waals surface area contributed by atoms with E-state index >= 15 is 0 Å². The molecule has 0 amide bonds. The monoisotopic (exact) mass is 545 g/mol. The number of hydrogen-bond donors (Lipinski definition) is 3. The summed E-state index contributed by atoms with van der Waals surface area (Å²) in [7, 11) is -7.69. The molecule has 34 heavy (non-hydrogen) atoms. The van der Waals surface area contributed by atoms with Gasteiger partial charge in [-0.2, -0.15) is 12.7 Å². The Morgan fingerprint density at radius 3 is 2.32 bits per heavy atom. The van der Waals surface area contributed by atoms with Crippen molar-refractivity contribution in [2.24, 2.45) is 0 Å². The maximum atomic E-state index is 13.2. The normalized spacial score (nSPS) is 15.5. The molecule has 1 aliphatic rings. The van der Waals surface area contributed by atoms with Gasteiger partial charge in [-0.25, -0.2) is 8.42 Å². The number of nitrogens with one attached hydrogen (secondary N) is 3. The van der Waals surface area contributed by atoms with E-state index in [9.17, 15) is 16.8 Å². The number of anilines is 2. The number of halogens is 2. The molecule has 0 spiro atoms. The van der Waals surface area contributed by atoms with Crippen molar-refractivity contribution in [3.8, 4) is 0 Å². The zero-order valence-electron chi connectivity index (χ0n) is 18.4. The van der Waals surface area contributed by atoms with E-state index in [1.165, 1.54) is 39.1 Å². The summed E-state index contributed by atoms with van der Waals surface area (Å²) in [5, 5.41) is 4.44. The standard InChI is InChI=1S/C21H25Cl2N5O4S2/c1-2-11-28(34(31,32)27-12-9-24-10-13-27)15-3-5-16(6-4-15)33(29,30)26-19-8-7-17(22)20-18(23)14-25-21(19)20/h3-8,14,24-26H,2,9-13H2,1H3. The van der Waals surface area contributed by atoms with Gasteiger partial charge >= 0.3 is 10.2 Å². The van der Waals surface area contributed by atoms with E-state index in [-0.39, 0.29) is 11.4 Å². The highest BCUT2D eigenvalue weighted by Gasteiger charge is 2.30. The van der Waals surface area contributed by atoms with Crippen LogP contribution in [0.1, 0.15) is 13.3 Å². The smallest absolute Gasteiger partial charge is 0.304 e. The van der Waals surface area contributed by atoms with Crippen LogP contribution in [0.5, 0.6) is 0 Å². The van der Waals surface area contributed by atoms with Crippen LogP contribution in [0.25, 0.3) is 10.9 Å². The second-order valence-corrected chi connectivity index (χ2v) is 12.2. The Hall–Kier alpha value is -2.02. The molecule has 1 fully saturated rings. The van der Waals surface area contributed by atoms with Gasteiger partial charge in [0.25, 0.3) is 10.0 Å². The summed E-state index contributed by atoms with van der Waals surface area (Å²) < 4.78 is 57.9. The minimum atomic E-state index is -3.96. The van der Waals surface area contributed by atoms with Crippen molar-refractivity contribution in [3.05, 3.63) is 52.6 Å². The van der Waals surface area contributed by atoms with Crippen LogP contribution < -0.4 is 14.3 Å². The fourth-order valence-corrected chi connectivity index (χ4v) is 7.20. The second kappa shape index (κ2) is 9.92. The van der Waals surface area contributed by atoms with Crippen LogP contribution in [0.4, 0.5) is 11.4 Å². The molecule has 13 heteroatoms. The molecule has 0 bridgehead atoms. The van der Waals surface area contributed by atoms with E-state index in [0.717, 1.165) is 0 Å². The molecular formula is C21H25Cl2N5O4S2. The number of H-pyrrole nitrogens is 1. The lowest BCUT2D eigenvalue weighted by Gasteiger charge is -2.33. The highest BCUT2D eigenvalue weighted by molar-refractivity contribution is 7.92. The van der Waals surface area contributed by atoms with Crippen molar-refractivity contribution in [1.29, 1.82) is 0 Å². The summed E-state index contributed by atoms with van der Waals surface area (Å²) in [5.74, 6) is 0. The number of aromatic amines is 1. The van der Waals surface area contributed by atoms with E-state index in [1.54, 1.807) is 12.1 Å². The molecule has 3 aromatic rings. The fourth-order valence-electron chi connectivity index (χ4n) is 3.84. The molecule has 3 N–H and O–H groups in total. The second-order valence-electron chi connectivity index (χ2n) is 7.81. The van der Waals surface area contributed by atoms with E-state index < -0.39 is 20.2 Å². The minimum Gasteiger partial charge on any atom is -0.358 e. The quantitative estimate of drug-likeness (QED) is 0.399. The van der Waals surface area contributed by atoms with Gasteiger partial charge < -0.3 is 10.3 Å². The third kappa shape index (κ3) is 4.86. The Morgan fingerprint density at radius 2 is 1.68 bits per heavy atom. The molecule has 4 rings (SSSR count). The molecule has 184 valence electrons. The van der Waals surface area contributed by atoms with Gasteiger partial charge in [0.2, 0.25) is 0 Å². The van der Waals surface area contributed by atoms with Crippen LogP contribution in [-0.4, -0.2) is 58.8 Å². The van der Waals surface area contributed by atoms with Gasteiger partial charge in [0.15, 0.2) is 0 Å². The Bertz CT molecular complexity index is 1390. The first-order valence-corrected chi connectivity index (χ1v) is 14.3. The van der Waals surface area contributed by atoms with Crippen LogP contribution >= 0.6 is 23.2 Å². The van der Waals surface area contributed by atoms with Crippen molar-refractivity contribution in [3.63, 3.8) is 0 Å². The van der Waals surface area contributed by atoms with Crippen LogP contribution in [-0.2, 0) is 20.2 Å². The van der Waals surface area contributed by atoms with Crippen molar-refractivity contribution >= 4 is 65.7 Å². The number of fused-ring (bicyclic) bond motifs is 1. The lowest BCUT2D eigenvalue weighted by atomic mass is 10.2. The summed E-state index contributed by atoms with van der Waals surface area (Å²) >= 11 is 12.3. The topological polar surface area (TPSA) is 115 Å². The van der Waals surface area contributed by atoms with Crippen LogP contribution in [0.2, 0.25) is 10.0 Å². The van der Waals surface area contributed by atoms with E-state index in [4.69, 9.17) is 23.2 Å². The van der Waals surface area contributed by atoms with Crippen molar-refractivity contribution < 1.29 is 16.8 Å². The third-order valence-electron chi connectivity index (χ3n) is 5.52. The predicted molar refractivity (Wildman–Crippen MR) is 137 cm³/mol. The van der Waals surface area contributed by atoms with Gasteiger partial charge in [0.1, 0.15) is 0 Å². The third-order valence-corrected chi connectivity index (χ3v) is 9.49. The van der Waals surface area contributed by atoms with E-state index in [1.807, 2.05) is 6.92 Å². The Balaban J connectivity index is 1.61. The SMILES string of the molecule is CCCN(c1ccc(S(=O)(=O)Nc2ccc(Cl)c3c(Cl)c[nH]c23)cc1)S(=O)(=O)N1CCNCC1. The summed E-state index contributed by atoms with van der Waals surface area (Å²) in [6.07, 6.45) is 2.14. The summed E-state index contributed by atoms with van der Waals surface area (Å²) in [6, 6.07) is 8.91. The first-order chi connectivity index (χ1) is 16.1. The molecule has 1 saturated heterocycles. The number of benzene rings is 2. The van der Waals surface area contributed by atoms with Crippen molar-refractivity contribution in [1.82, 2.24) is 14.6 Å².